The molecule has 0 fully saturated rings. The molecule has 1 aromatic heterocycles. The Morgan fingerprint density at radius 2 is 2.15 bits per heavy atom. The highest BCUT2D eigenvalue weighted by Crippen LogP contribution is 2.19. The smallest absolute Gasteiger partial charge is 0.187 e. The second kappa shape index (κ2) is 9.61. The first-order chi connectivity index (χ1) is 12.4. The molecule has 26 heavy (non-hydrogen) atoms. The topological polar surface area (TPSA) is 63.5 Å². The second-order valence-electron chi connectivity index (χ2n) is 5.77. The van der Waals surface area contributed by atoms with Gasteiger partial charge in [-0.2, -0.15) is 10.2 Å². The first-order valence-electron chi connectivity index (χ1n) is 7.96. The summed E-state index contributed by atoms with van der Waals surface area (Å²) in [5.41, 5.74) is 5.05. The van der Waals surface area contributed by atoms with Crippen molar-refractivity contribution in [2.75, 3.05) is 13.7 Å². The molecule has 0 spiro atoms. The SMILES string of the molecule is COC[C@@H](C)NC(=S)N/N=C\c1c(C)nn(Cc2ccc(F)cc2)c1Cl. The largest absolute Gasteiger partial charge is 0.383 e. The summed E-state index contributed by atoms with van der Waals surface area (Å²) < 4.78 is 19.7. The minimum absolute atomic E-state index is 0.0685. The summed E-state index contributed by atoms with van der Waals surface area (Å²) in [6, 6.07) is 6.28. The van der Waals surface area contributed by atoms with Crippen LogP contribution in [0.4, 0.5) is 4.39 Å². The zero-order chi connectivity index (χ0) is 19.1. The lowest BCUT2D eigenvalue weighted by molar-refractivity contribution is 0.179. The molecule has 0 unspecified atom stereocenters. The third kappa shape index (κ3) is 5.76. The third-order valence-electron chi connectivity index (χ3n) is 3.51. The van der Waals surface area contributed by atoms with Crippen LogP contribution >= 0.6 is 23.8 Å². The van der Waals surface area contributed by atoms with E-state index in [1.54, 1.807) is 30.1 Å². The van der Waals surface area contributed by atoms with Gasteiger partial charge in [0.25, 0.3) is 0 Å². The first kappa shape index (κ1) is 20.3. The van der Waals surface area contributed by atoms with E-state index >= 15 is 0 Å². The molecule has 2 N–H and O–H groups in total. The van der Waals surface area contributed by atoms with Crippen LogP contribution in [0.2, 0.25) is 5.15 Å². The number of hydrogen-bond donors (Lipinski definition) is 2. The van der Waals surface area contributed by atoms with Crippen LogP contribution in [0.15, 0.2) is 29.4 Å². The number of ether oxygens (including phenoxy) is 1. The highest BCUT2D eigenvalue weighted by molar-refractivity contribution is 7.80. The van der Waals surface area contributed by atoms with E-state index in [4.69, 9.17) is 28.6 Å². The van der Waals surface area contributed by atoms with Crippen molar-refractivity contribution in [3.05, 3.63) is 52.1 Å². The minimum Gasteiger partial charge on any atom is -0.383 e. The Hall–Kier alpha value is -2.03. The lowest BCUT2D eigenvalue weighted by atomic mass is 10.2. The van der Waals surface area contributed by atoms with Gasteiger partial charge in [-0.25, -0.2) is 9.07 Å². The van der Waals surface area contributed by atoms with Gasteiger partial charge in [0.15, 0.2) is 5.11 Å². The van der Waals surface area contributed by atoms with E-state index in [0.717, 1.165) is 11.3 Å². The van der Waals surface area contributed by atoms with Crippen molar-refractivity contribution in [1.82, 2.24) is 20.5 Å². The number of benzene rings is 1. The Morgan fingerprint density at radius 3 is 2.81 bits per heavy atom. The Bertz CT molecular complexity index is 778. The van der Waals surface area contributed by atoms with Gasteiger partial charge in [-0.3, -0.25) is 5.43 Å². The summed E-state index contributed by atoms with van der Waals surface area (Å²) in [6.07, 6.45) is 1.57. The number of hydrogen-bond acceptors (Lipinski definition) is 4. The van der Waals surface area contributed by atoms with Crippen LogP contribution in [0.5, 0.6) is 0 Å². The Morgan fingerprint density at radius 1 is 1.46 bits per heavy atom. The molecule has 0 aliphatic heterocycles. The second-order valence-corrected chi connectivity index (χ2v) is 6.54. The quantitative estimate of drug-likeness (QED) is 0.427. The van der Waals surface area contributed by atoms with E-state index in [0.29, 0.717) is 29.0 Å². The van der Waals surface area contributed by atoms with Gasteiger partial charge in [0, 0.05) is 13.2 Å². The molecule has 0 saturated carbocycles. The number of halogens is 2. The Balaban J connectivity index is 2.00. The van der Waals surface area contributed by atoms with Gasteiger partial charge in [0.05, 0.1) is 30.6 Å². The van der Waals surface area contributed by atoms with Crippen molar-refractivity contribution < 1.29 is 9.13 Å². The molecule has 0 aliphatic carbocycles. The molecular weight excluding hydrogens is 377 g/mol. The average Bonchev–Trinajstić information content (AvgIpc) is 2.84. The zero-order valence-corrected chi connectivity index (χ0v) is 16.4. The van der Waals surface area contributed by atoms with E-state index in [1.807, 2.05) is 13.8 Å². The van der Waals surface area contributed by atoms with Gasteiger partial charge < -0.3 is 10.1 Å². The number of methoxy groups -OCH3 is 1. The van der Waals surface area contributed by atoms with Gasteiger partial charge in [-0.1, -0.05) is 23.7 Å². The van der Waals surface area contributed by atoms with Gasteiger partial charge >= 0.3 is 0 Å². The fourth-order valence-electron chi connectivity index (χ4n) is 2.28. The third-order valence-corrected chi connectivity index (χ3v) is 4.12. The highest BCUT2D eigenvalue weighted by atomic mass is 35.5. The van der Waals surface area contributed by atoms with Crippen LogP contribution < -0.4 is 10.7 Å². The van der Waals surface area contributed by atoms with Crippen molar-refractivity contribution in [2.24, 2.45) is 5.10 Å². The molecule has 0 saturated heterocycles. The predicted molar refractivity (Wildman–Crippen MR) is 105 cm³/mol. The maximum absolute atomic E-state index is 13.0. The number of nitrogens with zero attached hydrogens (tertiary/aromatic N) is 3. The molecule has 0 radical (unpaired) electrons. The van der Waals surface area contributed by atoms with Crippen molar-refractivity contribution in [1.29, 1.82) is 0 Å². The Labute approximate surface area is 162 Å². The number of hydrazone groups is 1. The number of aromatic nitrogens is 2. The Kier molecular flexibility index (Phi) is 7.50. The average molecular weight is 398 g/mol. The normalized spacial score (nSPS) is 12.3. The summed E-state index contributed by atoms with van der Waals surface area (Å²) >= 11 is 11.5. The molecule has 6 nitrogen and oxygen atoms in total. The summed E-state index contributed by atoms with van der Waals surface area (Å²) in [7, 11) is 1.63. The van der Waals surface area contributed by atoms with Crippen LogP contribution in [0.25, 0.3) is 0 Å². The molecular formula is C17H21ClFN5OS. The minimum atomic E-state index is -0.278. The van der Waals surface area contributed by atoms with Gasteiger partial charge in [0.1, 0.15) is 11.0 Å². The van der Waals surface area contributed by atoms with E-state index in [9.17, 15) is 4.39 Å². The summed E-state index contributed by atoms with van der Waals surface area (Å²) in [5, 5.41) is 12.4. The highest BCUT2D eigenvalue weighted by Gasteiger charge is 2.12. The van der Waals surface area contributed by atoms with Crippen LogP contribution in [0.3, 0.4) is 0 Å². The summed E-state index contributed by atoms with van der Waals surface area (Å²) in [5.74, 6) is -0.278. The maximum atomic E-state index is 13.0. The van der Waals surface area contributed by atoms with Gasteiger partial charge in [-0.15, -0.1) is 0 Å². The fraction of sp³-hybridized carbons (Fsp3) is 0.353. The number of thiocarbonyl (C=S) groups is 1. The van der Waals surface area contributed by atoms with E-state index in [1.165, 1.54) is 12.1 Å². The molecule has 140 valence electrons. The molecule has 1 atom stereocenters. The molecule has 1 aromatic carbocycles. The van der Waals surface area contributed by atoms with E-state index < -0.39 is 0 Å². The number of rotatable bonds is 7. The van der Waals surface area contributed by atoms with Crippen molar-refractivity contribution in [2.45, 2.75) is 26.4 Å². The molecule has 2 aromatic rings. The maximum Gasteiger partial charge on any atom is 0.187 e. The van der Waals surface area contributed by atoms with E-state index in [2.05, 4.69) is 20.9 Å². The van der Waals surface area contributed by atoms with E-state index in [-0.39, 0.29) is 11.9 Å². The van der Waals surface area contributed by atoms with Crippen LogP contribution in [-0.2, 0) is 11.3 Å². The van der Waals surface area contributed by atoms with Gasteiger partial charge in [0.2, 0.25) is 0 Å². The molecule has 0 aliphatic rings. The van der Waals surface area contributed by atoms with Gasteiger partial charge in [-0.05, 0) is 43.8 Å². The standard InChI is InChI=1S/C17H21ClFN5OS/c1-11(10-25-3)21-17(26)22-20-8-15-12(2)23-24(16(15)18)9-13-4-6-14(19)7-5-13/h4-8,11H,9-10H2,1-3H3,(H2,21,22,26)/b20-8-/t11-/m1/s1. The molecule has 0 bridgehead atoms. The van der Waals surface area contributed by atoms with Crippen LogP contribution in [0, 0.1) is 12.7 Å². The van der Waals surface area contributed by atoms with Crippen molar-refractivity contribution >= 4 is 35.1 Å². The lowest BCUT2D eigenvalue weighted by Gasteiger charge is -2.13. The van der Waals surface area contributed by atoms with Crippen molar-refractivity contribution in [3.63, 3.8) is 0 Å². The molecule has 1 heterocycles. The first-order valence-corrected chi connectivity index (χ1v) is 8.75. The summed E-state index contributed by atoms with van der Waals surface area (Å²) in [4.78, 5) is 0. The monoisotopic (exact) mass is 397 g/mol. The number of aryl methyl sites for hydroxylation is 1. The van der Waals surface area contributed by atoms with Crippen LogP contribution in [0.1, 0.15) is 23.7 Å². The fourth-order valence-corrected chi connectivity index (χ4v) is 2.82. The zero-order valence-electron chi connectivity index (χ0n) is 14.8. The van der Waals surface area contributed by atoms with Crippen molar-refractivity contribution in [3.8, 4) is 0 Å². The number of nitrogens with one attached hydrogen (secondary N) is 2. The molecule has 2 rings (SSSR count). The summed E-state index contributed by atoms with van der Waals surface area (Å²) in [6.45, 7) is 4.76. The predicted octanol–water partition coefficient (Wildman–Crippen LogP) is 2.87. The van der Waals surface area contributed by atoms with Crippen LogP contribution in [-0.4, -0.2) is 40.9 Å². The molecule has 0 amide bonds. The lowest BCUT2D eigenvalue weighted by Crippen LogP contribution is -2.40. The molecule has 9 heteroatoms.